The third-order valence-corrected chi connectivity index (χ3v) is 1.73. The van der Waals surface area contributed by atoms with Crippen molar-refractivity contribution in [3.8, 4) is 0 Å². The Labute approximate surface area is 64.8 Å². The molecule has 0 amide bonds. The summed E-state index contributed by atoms with van der Waals surface area (Å²) in [6.07, 6.45) is 3.42. The van der Waals surface area contributed by atoms with Gasteiger partial charge in [0.25, 0.3) is 0 Å². The summed E-state index contributed by atoms with van der Waals surface area (Å²) in [7, 11) is 0. The SMILES string of the molecule is NC1NCc2ccncc2N1. The van der Waals surface area contributed by atoms with Gasteiger partial charge >= 0.3 is 0 Å². The fraction of sp³-hybridized carbons (Fsp3) is 0.286. The summed E-state index contributed by atoms with van der Waals surface area (Å²) >= 11 is 0. The van der Waals surface area contributed by atoms with Crippen molar-refractivity contribution in [2.24, 2.45) is 5.73 Å². The van der Waals surface area contributed by atoms with Gasteiger partial charge in [0.2, 0.25) is 0 Å². The summed E-state index contributed by atoms with van der Waals surface area (Å²) in [6, 6.07) is 1.97. The number of nitrogens with two attached hydrogens (primary N) is 1. The van der Waals surface area contributed by atoms with Crippen LogP contribution < -0.4 is 16.4 Å². The summed E-state index contributed by atoms with van der Waals surface area (Å²) in [5.41, 5.74) is 7.84. The van der Waals surface area contributed by atoms with Gasteiger partial charge in [0.15, 0.2) is 0 Å². The van der Waals surface area contributed by atoms with Crippen LogP contribution in [0, 0.1) is 0 Å². The molecule has 0 saturated heterocycles. The van der Waals surface area contributed by atoms with Crippen molar-refractivity contribution in [1.82, 2.24) is 10.3 Å². The molecule has 58 valence electrons. The van der Waals surface area contributed by atoms with Gasteiger partial charge in [-0.1, -0.05) is 0 Å². The first-order valence-corrected chi connectivity index (χ1v) is 3.54. The van der Waals surface area contributed by atoms with Gasteiger partial charge in [-0.3, -0.25) is 16.0 Å². The first kappa shape index (κ1) is 6.57. The maximum atomic E-state index is 5.60. The maximum Gasteiger partial charge on any atom is 0.130 e. The topological polar surface area (TPSA) is 63.0 Å². The second-order valence-electron chi connectivity index (χ2n) is 2.54. The molecule has 4 nitrogen and oxygen atoms in total. The maximum absolute atomic E-state index is 5.60. The van der Waals surface area contributed by atoms with E-state index in [1.807, 2.05) is 6.07 Å². The van der Waals surface area contributed by atoms with Gasteiger partial charge in [-0.2, -0.15) is 0 Å². The standard InChI is InChI=1S/C7H10N4/c8-7-10-3-5-1-2-9-4-6(5)11-7/h1-2,4,7,10-11H,3,8H2. The molecule has 1 aliphatic rings. The van der Waals surface area contributed by atoms with Crippen LogP contribution in [-0.2, 0) is 6.54 Å². The molecule has 0 saturated carbocycles. The van der Waals surface area contributed by atoms with E-state index < -0.39 is 0 Å². The van der Waals surface area contributed by atoms with E-state index >= 15 is 0 Å². The Kier molecular flexibility index (Phi) is 1.48. The molecule has 0 spiro atoms. The highest BCUT2D eigenvalue weighted by Crippen LogP contribution is 2.15. The summed E-state index contributed by atoms with van der Waals surface area (Å²) < 4.78 is 0. The number of fused-ring (bicyclic) bond motifs is 1. The molecule has 2 rings (SSSR count). The van der Waals surface area contributed by atoms with Crippen molar-refractivity contribution in [1.29, 1.82) is 0 Å². The van der Waals surface area contributed by atoms with Crippen molar-refractivity contribution in [3.05, 3.63) is 24.0 Å². The zero-order valence-corrected chi connectivity index (χ0v) is 6.04. The van der Waals surface area contributed by atoms with Crippen LogP contribution in [0.15, 0.2) is 18.5 Å². The van der Waals surface area contributed by atoms with Gasteiger partial charge in [0, 0.05) is 12.7 Å². The first-order chi connectivity index (χ1) is 5.36. The lowest BCUT2D eigenvalue weighted by Gasteiger charge is -2.24. The van der Waals surface area contributed by atoms with Crippen LogP contribution in [0.3, 0.4) is 0 Å². The van der Waals surface area contributed by atoms with E-state index in [-0.39, 0.29) is 6.29 Å². The van der Waals surface area contributed by atoms with E-state index in [0.717, 1.165) is 12.2 Å². The highest BCUT2D eigenvalue weighted by atomic mass is 15.2. The van der Waals surface area contributed by atoms with Crippen LogP contribution in [0.4, 0.5) is 5.69 Å². The molecule has 0 fully saturated rings. The molecule has 0 aromatic carbocycles. The van der Waals surface area contributed by atoms with Gasteiger partial charge in [0.1, 0.15) is 6.29 Å². The minimum Gasteiger partial charge on any atom is -0.356 e. The van der Waals surface area contributed by atoms with Gasteiger partial charge in [-0.15, -0.1) is 0 Å². The van der Waals surface area contributed by atoms with E-state index in [1.54, 1.807) is 12.4 Å². The molecule has 2 heterocycles. The Morgan fingerprint density at radius 1 is 1.64 bits per heavy atom. The number of rotatable bonds is 0. The van der Waals surface area contributed by atoms with E-state index in [0.29, 0.717) is 0 Å². The fourth-order valence-corrected chi connectivity index (χ4v) is 1.15. The van der Waals surface area contributed by atoms with E-state index in [2.05, 4.69) is 15.6 Å². The van der Waals surface area contributed by atoms with Crippen molar-refractivity contribution >= 4 is 5.69 Å². The summed E-state index contributed by atoms with van der Waals surface area (Å²) in [5.74, 6) is 0. The summed E-state index contributed by atoms with van der Waals surface area (Å²) in [4.78, 5) is 3.99. The minimum atomic E-state index is -0.147. The van der Waals surface area contributed by atoms with Crippen molar-refractivity contribution < 1.29 is 0 Å². The number of nitrogens with one attached hydrogen (secondary N) is 2. The minimum absolute atomic E-state index is 0.147. The van der Waals surface area contributed by atoms with E-state index in [1.165, 1.54) is 5.56 Å². The number of pyridine rings is 1. The molecule has 0 aliphatic carbocycles. The smallest absolute Gasteiger partial charge is 0.130 e. The van der Waals surface area contributed by atoms with Crippen LogP contribution in [0.25, 0.3) is 0 Å². The lowest BCUT2D eigenvalue weighted by atomic mass is 10.2. The lowest BCUT2D eigenvalue weighted by molar-refractivity contribution is 0.558. The average molecular weight is 150 g/mol. The second-order valence-corrected chi connectivity index (χ2v) is 2.54. The molecule has 0 radical (unpaired) electrons. The Bertz CT molecular complexity index is 260. The molecule has 1 atom stereocenters. The van der Waals surface area contributed by atoms with Gasteiger partial charge in [-0.25, -0.2) is 0 Å². The summed E-state index contributed by atoms with van der Waals surface area (Å²) in [5, 5.41) is 6.14. The Morgan fingerprint density at radius 3 is 3.45 bits per heavy atom. The number of anilines is 1. The molecular weight excluding hydrogens is 140 g/mol. The fourth-order valence-electron chi connectivity index (χ4n) is 1.15. The van der Waals surface area contributed by atoms with Gasteiger partial charge in [0.05, 0.1) is 11.9 Å². The molecule has 1 aliphatic heterocycles. The van der Waals surface area contributed by atoms with Gasteiger partial charge in [-0.05, 0) is 11.6 Å². The molecule has 1 unspecified atom stereocenters. The zero-order chi connectivity index (χ0) is 7.68. The van der Waals surface area contributed by atoms with E-state index in [4.69, 9.17) is 5.73 Å². The van der Waals surface area contributed by atoms with Crippen LogP contribution in [-0.4, -0.2) is 11.3 Å². The summed E-state index contributed by atoms with van der Waals surface area (Å²) in [6.45, 7) is 0.812. The van der Waals surface area contributed by atoms with Crippen molar-refractivity contribution in [2.75, 3.05) is 5.32 Å². The quantitative estimate of drug-likeness (QED) is 0.481. The number of hydrogen-bond donors (Lipinski definition) is 3. The molecule has 0 bridgehead atoms. The average Bonchev–Trinajstić information content (AvgIpc) is 2.04. The highest BCUT2D eigenvalue weighted by molar-refractivity contribution is 5.50. The molecule has 1 aromatic rings. The molecule has 11 heavy (non-hydrogen) atoms. The van der Waals surface area contributed by atoms with Gasteiger partial charge < -0.3 is 5.32 Å². The normalized spacial score (nSPS) is 22.1. The third kappa shape index (κ3) is 1.18. The van der Waals surface area contributed by atoms with Crippen LogP contribution >= 0.6 is 0 Å². The number of aromatic nitrogens is 1. The Balaban J connectivity index is 2.34. The molecular formula is C7H10N4. The third-order valence-electron chi connectivity index (χ3n) is 1.73. The lowest BCUT2D eigenvalue weighted by Crippen LogP contribution is -2.46. The predicted octanol–water partition coefficient (Wildman–Crippen LogP) is -0.161. The molecule has 1 aromatic heterocycles. The molecule has 4 N–H and O–H groups in total. The van der Waals surface area contributed by atoms with Crippen LogP contribution in [0.5, 0.6) is 0 Å². The largest absolute Gasteiger partial charge is 0.356 e. The highest BCUT2D eigenvalue weighted by Gasteiger charge is 2.11. The van der Waals surface area contributed by atoms with Crippen LogP contribution in [0.2, 0.25) is 0 Å². The Morgan fingerprint density at radius 2 is 2.55 bits per heavy atom. The van der Waals surface area contributed by atoms with Crippen molar-refractivity contribution in [2.45, 2.75) is 12.8 Å². The molecule has 4 heteroatoms. The first-order valence-electron chi connectivity index (χ1n) is 3.54. The zero-order valence-electron chi connectivity index (χ0n) is 6.04. The monoisotopic (exact) mass is 150 g/mol. The second kappa shape index (κ2) is 2.48. The number of hydrogen-bond acceptors (Lipinski definition) is 4. The number of nitrogens with zero attached hydrogens (tertiary/aromatic N) is 1. The van der Waals surface area contributed by atoms with Crippen LogP contribution in [0.1, 0.15) is 5.56 Å². The predicted molar refractivity (Wildman–Crippen MR) is 42.7 cm³/mol. The van der Waals surface area contributed by atoms with Crippen molar-refractivity contribution in [3.63, 3.8) is 0 Å². The Hall–Kier alpha value is -1.13. The van der Waals surface area contributed by atoms with E-state index in [9.17, 15) is 0 Å².